The van der Waals surface area contributed by atoms with Crippen molar-refractivity contribution in [1.82, 2.24) is 5.32 Å². The van der Waals surface area contributed by atoms with Gasteiger partial charge in [-0.05, 0) is 28.7 Å². The lowest BCUT2D eigenvalue weighted by atomic mass is 9.87. The molecule has 0 spiro atoms. The number of anilines is 1. The number of benzene rings is 2. The molecule has 2 rings (SSSR count). The maximum absolute atomic E-state index is 14.1. The molecule has 0 aliphatic heterocycles. The van der Waals surface area contributed by atoms with Gasteiger partial charge in [0.15, 0.2) is 0 Å². The van der Waals surface area contributed by atoms with E-state index in [1.165, 1.54) is 11.6 Å². The SMILES string of the molecule is CC(C)(C)c1ccc(/C=C/C(=O)NCc2cc(F)c(NS(C)(=O)=O)cc2F)cc1. The summed E-state index contributed by atoms with van der Waals surface area (Å²) < 4.78 is 52.2. The minimum absolute atomic E-state index is 0.0331. The summed E-state index contributed by atoms with van der Waals surface area (Å²) in [5.74, 6) is -2.24. The third-order valence-corrected chi connectivity index (χ3v) is 4.68. The molecule has 0 saturated heterocycles. The molecule has 0 atom stereocenters. The normalized spacial score (nSPS) is 12.2. The highest BCUT2D eigenvalue weighted by atomic mass is 32.2. The summed E-state index contributed by atoms with van der Waals surface area (Å²) in [4.78, 5) is 12.0. The first-order chi connectivity index (χ1) is 13.3. The Balaban J connectivity index is 2.00. The van der Waals surface area contributed by atoms with Gasteiger partial charge in [-0.25, -0.2) is 17.2 Å². The third kappa shape index (κ3) is 6.98. The predicted octanol–water partition coefficient (Wildman–Crippen LogP) is 3.96. The van der Waals surface area contributed by atoms with Crippen LogP contribution in [0.25, 0.3) is 6.08 Å². The van der Waals surface area contributed by atoms with E-state index in [0.29, 0.717) is 0 Å². The molecule has 0 aromatic heterocycles. The van der Waals surface area contributed by atoms with Crippen LogP contribution in [0, 0.1) is 11.6 Å². The quantitative estimate of drug-likeness (QED) is 0.692. The Morgan fingerprint density at radius 3 is 2.24 bits per heavy atom. The molecule has 29 heavy (non-hydrogen) atoms. The van der Waals surface area contributed by atoms with Crippen LogP contribution in [0.2, 0.25) is 0 Å². The molecule has 2 aromatic rings. The average Bonchev–Trinajstić information content (AvgIpc) is 2.60. The van der Waals surface area contributed by atoms with Crippen molar-refractivity contribution in [3.8, 4) is 0 Å². The zero-order chi connectivity index (χ0) is 21.8. The minimum atomic E-state index is -3.74. The van der Waals surface area contributed by atoms with E-state index in [9.17, 15) is 22.0 Å². The van der Waals surface area contributed by atoms with Crippen LogP contribution < -0.4 is 10.0 Å². The van der Waals surface area contributed by atoms with Crippen LogP contribution in [0.5, 0.6) is 0 Å². The summed E-state index contributed by atoms with van der Waals surface area (Å²) in [7, 11) is -3.74. The molecule has 8 heteroatoms. The molecule has 5 nitrogen and oxygen atoms in total. The third-order valence-electron chi connectivity index (χ3n) is 4.09. The van der Waals surface area contributed by atoms with Crippen molar-refractivity contribution in [2.24, 2.45) is 0 Å². The number of carbonyl (C=O) groups is 1. The lowest BCUT2D eigenvalue weighted by Crippen LogP contribution is -2.21. The molecule has 0 radical (unpaired) electrons. The van der Waals surface area contributed by atoms with E-state index in [1.807, 2.05) is 29.0 Å². The fourth-order valence-electron chi connectivity index (χ4n) is 2.51. The number of amides is 1. The highest BCUT2D eigenvalue weighted by Crippen LogP contribution is 2.22. The maximum atomic E-state index is 14.1. The van der Waals surface area contributed by atoms with E-state index in [2.05, 4.69) is 26.1 Å². The van der Waals surface area contributed by atoms with E-state index in [0.717, 1.165) is 24.0 Å². The minimum Gasteiger partial charge on any atom is -0.348 e. The summed E-state index contributed by atoms with van der Waals surface area (Å²) in [6.45, 7) is 6.08. The molecule has 0 fully saturated rings. The summed E-state index contributed by atoms with van der Waals surface area (Å²) in [6, 6.07) is 9.35. The van der Waals surface area contributed by atoms with Gasteiger partial charge in [-0.1, -0.05) is 45.0 Å². The number of nitrogens with one attached hydrogen (secondary N) is 2. The Morgan fingerprint density at radius 2 is 1.69 bits per heavy atom. The van der Waals surface area contributed by atoms with Crippen molar-refractivity contribution in [3.05, 3.63) is 70.8 Å². The number of carbonyl (C=O) groups excluding carboxylic acids is 1. The average molecular weight is 422 g/mol. The molecule has 1 amide bonds. The highest BCUT2D eigenvalue weighted by Gasteiger charge is 2.14. The van der Waals surface area contributed by atoms with Crippen LogP contribution in [0.4, 0.5) is 14.5 Å². The van der Waals surface area contributed by atoms with Gasteiger partial charge in [0.05, 0.1) is 11.9 Å². The standard InChI is InChI=1S/C21H24F2N2O3S/c1-21(2,3)16-8-5-14(6-9-16)7-10-20(26)24-13-15-11-18(23)19(12-17(15)22)25-29(4,27)28/h5-12,25H,13H2,1-4H3,(H,24,26)/b10-7+. The highest BCUT2D eigenvalue weighted by molar-refractivity contribution is 7.92. The Morgan fingerprint density at radius 1 is 1.07 bits per heavy atom. The Kier molecular flexibility index (Phi) is 6.79. The Hall–Kier alpha value is -2.74. The van der Waals surface area contributed by atoms with Gasteiger partial charge in [0, 0.05) is 24.3 Å². The summed E-state index contributed by atoms with van der Waals surface area (Å²) in [5, 5.41) is 2.47. The number of halogens is 2. The molecule has 2 aromatic carbocycles. The van der Waals surface area contributed by atoms with Gasteiger partial charge in [0.25, 0.3) is 0 Å². The first-order valence-electron chi connectivity index (χ1n) is 8.87. The molecule has 2 N–H and O–H groups in total. The molecule has 0 aliphatic carbocycles. The topological polar surface area (TPSA) is 75.3 Å². The second-order valence-corrected chi connectivity index (χ2v) is 9.47. The van der Waals surface area contributed by atoms with Crippen LogP contribution in [0.15, 0.2) is 42.5 Å². The molecular formula is C21H24F2N2O3S. The van der Waals surface area contributed by atoms with Gasteiger partial charge in [0.2, 0.25) is 15.9 Å². The van der Waals surface area contributed by atoms with Gasteiger partial charge < -0.3 is 5.32 Å². The Bertz CT molecular complexity index is 1030. The lowest BCUT2D eigenvalue weighted by Gasteiger charge is -2.18. The monoisotopic (exact) mass is 422 g/mol. The molecule has 0 aliphatic rings. The summed E-state index contributed by atoms with van der Waals surface area (Å²) in [5.41, 5.74) is 1.45. The zero-order valence-corrected chi connectivity index (χ0v) is 17.5. The lowest BCUT2D eigenvalue weighted by molar-refractivity contribution is -0.116. The molecular weight excluding hydrogens is 398 g/mol. The molecule has 0 unspecified atom stereocenters. The molecule has 0 saturated carbocycles. The maximum Gasteiger partial charge on any atom is 0.244 e. The van der Waals surface area contributed by atoms with Crippen LogP contribution in [0.1, 0.15) is 37.5 Å². The number of rotatable bonds is 6. The van der Waals surface area contributed by atoms with E-state index in [-0.39, 0.29) is 17.5 Å². The first-order valence-corrected chi connectivity index (χ1v) is 10.8. The number of hydrogen-bond donors (Lipinski definition) is 2. The van der Waals surface area contributed by atoms with Crippen molar-refractivity contribution < 1.29 is 22.0 Å². The van der Waals surface area contributed by atoms with Crippen LogP contribution in [-0.2, 0) is 26.8 Å². The van der Waals surface area contributed by atoms with Gasteiger partial charge in [-0.2, -0.15) is 0 Å². The summed E-state index contributed by atoms with van der Waals surface area (Å²) >= 11 is 0. The smallest absolute Gasteiger partial charge is 0.244 e. The second kappa shape index (κ2) is 8.73. The molecule has 0 heterocycles. The van der Waals surface area contributed by atoms with Crippen molar-refractivity contribution in [3.63, 3.8) is 0 Å². The van der Waals surface area contributed by atoms with Crippen molar-refractivity contribution in [2.45, 2.75) is 32.7 Å². The van der Waals surface area contributed by atoms with Gasteiger partial charge in [0.1, 0.15) is 11.6 Å². The van der Waals surface area contributed by atoms with Gasteiger partial charge in [-0.15, -0.1) is 0 Å². The molecule has 0 bridgehead atoms. The Labute approximate surface area is 169 Å². The van der Waals surface area contributed by atoms with Crippen LogP contribution in [-0.4, -0.2) is 20.6 Å². The molecule has 156 valence electrons. The zero-order valence-electron chi connectivity index (χ0n) is 16.7. The van der Waals surface area contributed by atoms with Gasteiger partial charge >= 0.3 is 0 Å². The van der Waals surface area contributed by atoms with Crippen LogP contribution in [0.3, 0.4) is 0 Å². The fraction of sp³-hybridized carbons (Fsp3) is 0.286. The van der Waals surface area contributed by atoms with E-state index < -0.39 is 33.3 Å². The predicted molar refractivity (Wildman–Crippen MR) is 111 cm³/mol. The summed E-state index contributed by atoms with van der Waals surface area (Å²) in [6.07, 6.45) is 3.76. The largest absolute Gasteiger partial charge is 0.348 e. The second-order valence-electron chi connectivity index (χ2n) is 7.72. The number of sulfonamides is 1. The van der Waals surface area contributed by atoms with Crippen LogP contribution >= 0.6 is 0 Å². The van der Waals surface area contributed by atoms with E-state index in [1.54, 1.807) is 6.08 Å². The van der Waals surface area contributed by atoms with E-state index in [4.69, 9.17) is 0 Å². The first kappa shape index (κ1) is 22.5. The fourth-order valence-corrected chi connectivity index (χ4v) is 3.06. The van der Waals surface area contributed by atoms with Crippen molar-refractivity contribution in [2.75, 3.05) is 11.0 Å². The van der Waals surface area contributed by atoms with Crippen molar-refractivity contribution in [1.29, 1.82) is 0 Å². The van der Waals surface area contributed by atoms with Crippen molar-refractivity contribution >= 4 is 27.7 Å². The number of hydrogen-bond acceptors (Lipinski definition) is 3. The van der Waals surface area contributed by atoms with Gasteiger partial charge in [-0.3, -0.25) is 9.52 Å². The van der Waals surface area contributed by atoms with E-state index >= 15 is 0 Å².